The monoisotopic (exact) mass is 488 g/mol. The molecule has 0 heterocycles. The minimum atomic E-state index is -3.87. The highest BCUT2D eigenvalue weighted by Gasteiger charge is 2.17. The second-order valence-corrected chi connectivity index (χ2v) is 9.23. The van der Waals surface area contributed by atoms with Crippen LogP contribution in [-0.4, -0.2) is 27.5 Å². The lowest BCUT2D eigenvalue weighted by atomic mass is 10.1. The van der Waals surface area contributed by atoms with Crippen LogP contribution in [0.4, 0.5) is 5.69 Å². The first-order valence-electron chi connectivity index (χ1n) is 10.3. The number of hydrogen-bond acceptors (Lipinski definition) is 5. The average Bonchev–Trinajstić information content (AvgIpc) is 2.80. The van der Waals surface area contributed by atoms with Crippen molar-refractivity contribution in [2.24, 2.45) is 0 Å². The van der Waals surface area contributed by atoms with Crippen LogP contribution in [0.25, 0.3) is 0 Å². The number of halogens is 1. The van der Waals surface area contributed by atoms with Gasteiger partial charge in [-0.05, 0) is 61.9 Å². The molecule has 1 atom stereocenters. The Kier molecular flexibility index (Phi) is 8.19. The third-order valence-electron chi connectivity index (χ3n) is 4.67. The zero-order chi connectivity index (χ0) is 23.8. The third-order valence-corrected chi connectivity index (χ3v) is 6.34. The summed E-state index contributed by atoms with van der Waals surface area (Å²) in [5.41, 5.74) is 1.36. The fourth-order valence-corrected chi connectivity index (χ4v) is 4.40. The second-order valence-electron chi connectivity index (χ2n) is 7.14. The van der Waals surface area contributed by atoms with Crippen LogP contribution in [0.3, 0.4) is 0 Å². The molecule has 0 bridgehead atoms. The Hall–Kier alpha value is -3.23. The fourth-order valence-electron chi connectivity index (χ4n) is 3.02. The maximum absolute atomic E-state index is 12.7. The number of benzene rings is 3. The number of rotatable bonds is 10. The minimum absolute atomic E-state index is 0.0316. The summed E-state index contributed by atoms with van der Waals surface area (Å²) < 4.78 is 38.7. The third kappa shape index (κ3) is 6.87. The van der Waals surface area contributed by atoms with Gasteiger partial charge in [0, 0.05) is 5.69 Å². The van der Waals surface area contributed by atoms with Gasteiger partial charge in [0.05, 0.1) is 22.6 Å². The van der Waals surface area contributed by atoms with Gasteiger partial charge < -0.3 is 14.8 Å². The normalized spacial score (nSPS) is 12.0. The molecule has 1 amide bonds. The van der Waals surface area contributed by atoms with Gasteiger partial charge in [-0.25, -0.2) is 8.42 Å². The summed E-state index contributed by atoms with van der Waals surface area (Å²) in [7, 11) is -3.87. The summed E-state index contributed by atoms with van der Waals surface area (Å²) in [6.45, 7) is 4.00. The quantitative estimate of drug-likeness (QED) is 0.427. The van der Waals surface area contributed by atoms with Gasteiger partial charge in [-0.2, -0.15) is 0 Å². The van der Waals surface area contributed by atoms with Crippen LogP contribution < -0.4 is 19.5 Å². The molecule has 3 rings (SSSR count). The number of carbonyl (C=O) groups is 1. The van der Waals surface area contributed by atoms with Gasteiger partial charge >= 0.3 is 0 Å². The van der Waals surface area contributed by atoms with Crippen LogP contribution in [0.15, 0.2) is 77.7 Å². The molecular weight excluding hydrogens is 464 g/mol. The van der Waals surface area contributed by atoms with Crippen LogP contribution in [0.1, 0.15) is 25.5 Å². The summed E-state index contributed by atoms with van der Waals surface area (Å²) in [4.78, 5) is 12.2. The van der Waals surface area contributed by atoms with E-state index in [1.54, 1.807) is 24.3 Å². The number of ether oxygens (including phenoxy) is 2. The van der Waals surface area contributed by atoms with E-state index >= 15 is 0 Å². The number of nitrogens with one attached hydrogen (secondary N) is 2. The Morgan fingerprint density at radius 3 is 2.33 bits per heavy atom. The van der Waals surface area contributed by atoms with Gasteiger partial charge in [0.25, 0.3) is 15.9 Å². The zero-order valence-corrected chi connectivity index (χ0v) is 19.8. The molecule has 0 aliphatic heterocycles. The molecule has 0 unspecified atom stereocenters. The molecule has 2 N–H and O–H groups in total. The first-order valence-corrected chi connectivity index (χ1v) is 12.2. The standard InChI is InChI=1S/C24H25ClN2O5S/c1-3-31-20-11-9-19(10-12-20)27-33(29,30)21-13-14-23(22(25)15-21)32-16-24(28)26-17(2)18-7-5-4-6-8-18/h4-15,17,27H,3,16H2,1-2H3,(H,26,28)/t17-/m1/s1. The Morgan fingerprint density at radius 1 is 1.00 bits per heavy atom. The van der Waals surface area contributed by atoms with E-state index in [9.17, 15) is 13.2 Å². The van der Waals surface area contributed by atoms with Crippen molar-refractivity contribution in [3.8, 4) is 11.5 Å². The molecule has 9 heteroatoms. The van der Waals surface area contributed by atoms with E-state index in [1.165, 1.54) is 18.2 Å². The van der Waals surface area contributed by atoms with Gasteiger partial charge in [-0.1, -0.05) is 41.9 Å². The van der Waals surface area contributed by atoms with Crippen molar-refractivity contribution in [1.82, 2.24) is 5.32 Å². The fraction of sp³-hybridized carbons (Fsp3) is 0.208. The number of anilines is 1. The van der Waals surface area contributed by atoms with Crippen LogP contribution in [0, 0.1) is 0 Å². The van der Waals surface area contributed by atoms with E-state index in [1.807, 2.05) is 44.2 Å². The van der Waals surface area contributed by atoms with Crippen molar-refractivity contribution in [3.63, 3.8) is 0 Å². The average molecular weight is 489 g/mol. The van der Waals surface area contributed by atoms with Crippen molar-refractivity contribution in [2.45, 2.75) is 24.8 Å². The largest absolute Gasteiger partial charge is 0.494 e. The summed E-state index contributed by atoms with van der Waals surface area (Å²) in [6, 6.07) is 20.0. The molecule has 3 aromatic rings. The van der Waals surface area contributed by atoms with Crippen LogP contribution in [0.5, 0.6) is 11.5 Å². The van der Waals surface area contributed by atoms with E-state index in [0.29, 0.717) is 18.0 Å². The molecular formula is C24H25ClN2O5S. The molecule has 7 nitrogen and oxygen atoms in total. The topological polar surface area (TPSA) is 93.7 Å². The SMILES string of the molecule is CCOc1ccc(NS(=O)(=O)c2ccc(OCC(=O)N[C@H](C)c3ccccc3)c(Cl)c2)cc1. The molecule has 0 aliphatic rings. The Bertz CT molecular complexity index is 1190. The smallest absolute Gasteiger partial charge is 0.261 e. The molecule has 174 valence electrons. The molecule has 0 spiro atoms. The minimum Gasteiger partial charge on any atom is -0.494 e. The van der Waals surface area contributed by atoms with Crippen molar-refractivity contribution < 1.29 is 22.7 Å². The maximum Gasteiger partial charge on any atom is 0.261 e. The highest BCUT2D eigenvalue weighted by Crippen LogP contribution is 2.28. The van der Waals surface area contributed by atoms with Crippen molar-refractivity contribution in [1.29, 1.82) is 0 Å². The van der Waals surface area contributed by atoms with Crippen LogP contribution in [0.2, 0.25) is 5.02 Å². The van der Waals surface area contributed by atoms with E-state index in [0.717, 1.165) is 5.56 Å². The van der Waals surface area contributed by atoms with Gasteiger partial charge in [0.2, 0.25) is 0 Å². The lowest BCUT2D eigenvalue weighted by Crippen LogP contribution is -2.31. The van der Waals surface area contributed by atoms with Gasteiger partial charge in [-0.3, -0.25) is 9.52 Å². The van der Waals surface area contributed by atoms with E-state index in [4.69, 9.17) is 21.1 Å². The lowest BCUT2D eigenvalue weighted by molar-refractivity contribution is -0.123. The van der Waals surface area contributed by atoms with Gasteiger partial charge in [0.15, 0.2) is 6.61 Å². The predicted octanol–water partition coefficient (Wildman–Crippen LogP) is 4.80. The van der Waals surface area contributed by atoms with Crippen LogP contribution in [-0.2, 0) is 14.8 Å². The number of carbonyl (C=O) groups excluding carboxylic acids is 1. The van der Waals surface area contributed by atoms with E-state index < -0.39 is 10.0 Å². The molecule has 0 aromatic heterocycles. The first kappa shape index (κ1) is 24.4. The molecule has 3 aromatic carbocycles. The van der Waals surface area contributed by atoms with Crippen molar-refractivity contribution in [3.05, 3.63) is 83.4 Å². The number of sulfonamides is 1. The maximum atomic E-state index is 12.7. The van der Waals surface area contributed by atoms with Crippen molar-refractivity contribution in [2.75, 3.05) is 17.9 Å². The van der Waals surface area contributed by atoms with Gasteiger partial charge in [-0.15, -0.1) is 0 Å². The Balaban J connectivity index is 1.60. The molecule has 0 fully saturated rings. The summed E-state index contributed by atoms with van der Waals surface area (Å²) in [5.74, 6) is 0.530. The predicted molar refractivity (Wildman–Crippen MR) is 128 cm³/mol. The van der Waals surface area contributed by atoms with Gasteiger partial charge in [0.1, 0.15) is 11.5 Å². The molecule has 0 radical (unpaired) electrons. The summed E-state index contributed by atoms with van der Waals surface area (Å²) in [6.07, 6.45) is 0. The number of hydrogen-bond donors (Lipinski definition) is 2. The Morgan fingerprint density at radius 2 is 1.70 bits per heavy atom. The highest BCUT2D eigenvalue weighted by molar-refractivity contribution is 7.92. The summed E-state index contributed by atoms with van der Waals surface area (Å²) in [5, 5.41) is 2.92. The van der Waals surface area contributed by atoms with E-state index in [2.05, 4.69) is 10.0 Å². The molecule has 0 saturated carbocycles. The molecule has 0 aliphatic carbocycles. The lowest BCUT2D eigenvalue weighted by Gasteiger charge is -2.15. The molecule has 33 heavy (non-hydrogen) atoms. The highest BCUT2D eigenvalue weighted by atomic mass is 35.5. The second kappa shape index (κ2) is 11.1. The van der Waals surface area contributed by atoms with E-state index in [-0.39, 0.29) is 34.2 Å². The zero-order valence-electron chi connectivity index (χ0n) is 18.2. The summed E-state index contributed by atoms with van der Waals surface area (Å²) >= 11 is 6.21. The van der Waals surface area contributed by atoms with Crippen molar-refractivity contribution >= 4 is 33.2 Å². The number of amides is 1. The Labute approximate surface area is 198 Å². The van der Waals surface area contributed by atoms with Crippen LogP contribution >= 0.6 is 11.6 Å². The first-order chi connectivity index (χ1) is 15.8. The molecule has 0 saturated heterocycles.